The maximum absolute atomic E-state index is 12.1. The van der Waals surface area contributed by atoms with Crippen molar-refractivity contribution < 1.29 is 19.0 Å². The lowest BCUT2D eigenvalue weighted by Gasteiger charge is -2.33. The van der Waals surface area contributed by atoms with Gasteiger partial charge in [-0.15, -0.1) is 0 Å². The Labute approximate surface area is 132 Å². The number of hydrogen-bond donors (Lipinski definition) is 0. The van der Waals surface area contributed by atoms with E-state index in [1.165, 1.54) is 0 Å². The molecule has 1 atom stereocenters. The number of allylic oxidation sites excluding steroid dienone is 2. The van der Waals surface area contributed by atoms with E-state index >= 15 is 0 Å². The smallest absolute Gasteiger partial charge is 0.306 e. The maximum atomic E-state index is 12.1. The van der Waals surface area contributed by atoms with E-state index in [1.807, 2.05) is 25.1 Å². The van der Waals surface area contributed by atoms with Crippen LogP contribution in [0.25, 0.3) is 0 Å². The largest absolute Gasteiger partial charge is 0.493 e. The van der Waals surface area contributed by atoms with Crippen molar-refractivity contribution in [1.82, 2.24) is 0 Å². The molecule has 2 rings (SSSR count). The molecule has 1 aliphatic carbocycles. The standard InChI is InChI=1S/C18H24O4/c1-4-22-17(19)13-18(10-6-5-7-11-18)14-8-9-15(20-2)16(12-14)21-3/h6,8-10,12H,4-5,7,11,13H2,1-3H3/t18-/m1/s1. The van der Waals surface area contributed by atoms with E-state index < -0.39 is 0 Å². The second-order valence-electron chi connectivity index (χ2n) is 5.50. The van der Waals surface area contributed by atoms with E-state index in [0.29, 0.717) is 24.5 Å². The number of carbonyl (C=O) groups excluding carboxylic acids is 1. The molecule has 0 fully saturated rings. The molecule has 0 aliphatic heterocycles. The summed E-state index contributed by atoms with van der Waals surface area (Å²) < 4.78 is 15.9. The summed E-state index contributed by atoms with van der Waals surface area (Å²) in [4.78, 5) is 12.1. The van der Waals surface area contributed by atoms with Gasteiger partial charge in [0.2, 0.25) is 0 Å². The third kappa shape index (κ3) is 3.43. The van der Waals surface area contributed by atoms with Gasteiger partial charge in [0, 0.05) is 5.41 Å². The molecule has 0 unspecified atom stereocenters. The average Bonchev–Trinajstić information content (AvgIpc) is 2.55. The maximum Gasteiger partial charge on any atom is 0.306 e. The van der Waals surface area contributed by atoms with E-state index in [2.05, 4.69) is 12.2 Å². The summed E-state index contributed by atoms with van der Waals surface area (Å²) in [5, 5.41) is 0. The van der Waals surface area contributed by atoms with Crippen molar-refractivity contribution in [2.24, 2.45) is 0 Å². The first-order valence-corrected chi connectivity index (χ1v) is 7.71. The lowest BCUT2D eigenvalue weighted by Crippen LogP contribution is -2.30. The summed E-state index contributed by atoms with van der Waals surface area (Å²) >= 11 is 0. The quantitative estimate of drug-likeness (QED) is 0.594. The molecular weight excluding hydrogens is 280 g/mol. The van der Waals surface area contributed by atoms with Gasteiger partial charge in [-0.05, 0) is 43.9 Å². The number of ether oxygens (including phenoxy) is 3. The normalized spacial score (nSPS) is 20.5. The van der Waals surface area contributed by atoms with Gasteiger partial charge in [0.1, 0.15) is 0 Å². The fourth-order valence-corrected chi connectivity index (χ4v) is 3.03. The summed E-state index contributed by atoms with van der Waals surface area (Å²) in [6, 6.07) is 5.87. The summed E-state index contributed by atoms with van der Waals surface area (Å²) in [5.74, 6) is 1.21. The van der Waals surface area contributed by atoms with Gasteiger partial charge in [0.15, 0.2) is 11.5 Å². The molecule has 0 bridgehead atoms. The lowest BCUT2D eigenvalue weighted by atomic mass is 9.71. The molecule has 0 N–H and O–H groups in total. The summed E-state index contributed by atoms with van der Waals surface area (Å²) in [5.41, 5.74) is 0.749. The number of hydrogen-bond acceptors (Lipinski definition) is 4. The number of esters is 1. The summed E-state index contributed by atoms with van der Waals surface area (Å²) in [7, 11) is 3.24. The first-order valence-electron chi connectivity index (χ1n) is 7.71. The van der Waals surface area contributed by atoms with E-state index in [0.717, 1.165) is 24.8 Å². The van der Waals surface area contributed by atoms with Crippen molar-refractivity contribution in [2.75, 3.05) is 20.8 Å². The molecule has 0 spiro atoms. The van der Waals surface area contributed by atoms with Crippen molar-refractivity contribution in [3.05, 3.63) is 35.9 Å². The van der Waals surface area contributed by atoms with Crippen LogP contribution in [0.3, 0.4) is 0 Å². The molecule has 4 heteroatoms. The van der Waals surface area contributed by atoms with Gasteiger partial charge in [-0.3, -0.25) is 4.79 Å². The number of methoxy groups -OCH3 is 2. The zero-order chi connectivity index (χ0) is 16.0. The van der Waals surface area contributed by atoms with Crippen molar-refractivity contribution in [3.63, 3.8) is 0 Å². The Balaban J connectivity index is 2.39. The molecule has 1 aromatic rings. The van der Waals surface area contributed by atoms with Crippen LogP contribution in [0, 0.1) is 0 Å². The van der Waals surface area contributed by atoms with Gasteiger partial charge in [-0.2, -0.15) is 0 Å². The van der Waals surface area contributed by atoms with Gasteiger partial charge < -0.3 is 14.2 Å². The number of rotatable bonds is 6. The summed E-state index contributed by atoms with van der Waals surface area (Å²) in [6.07, 6.45) is 7.70. The first kappa shape index (κ1) is 16.4. The van der Waals surface area contributed by atoms with Crippen LogP contribution < -0.4 is 9.47 Å². The summed E-state index contributed by atoms with van der Waals surface area (Å²) in [6.45, 7) is 2.24. The lowest BCUT2D eigenvalue weighted by molar-refractivity contribution is -0.144. The Hall–Kier alpha value is -1.97. The molecule has 0 aromatic heterocycles. The minimum absolute atomic E-state index is 0.163. The Morgan fingerprint density at radius 2 is 2.00 bits per heavy atom. The molecule has 0 saturated heterocycles. The fraction of sp³-hybridized carbons (Fsp3) is 0.500. The average molecular weight is 304 g/mol. The van der Waals surface area contributed by atoms with Crippen LogP contribution >= 0.6 is 0 Å². The third-order valence-corrected chi connectivity index (χ3v) is 4.15. The van der Waals surface area contributed by atoms with Gasteiger partial charge in [-0.1, -0.05) is 18.2 Å². The molecule has 1 aromatic carbocycles. The van der Waals surface area contributed by atoms with Crippen LogP contribution in [0.4, 0.5) is 0 Å². The van der Waals surface area contributed by atoms with Gasteiger partial charge in [0.25, 0.3) is 0 Å². The van der Waals surface area contributed by atoms with Crippen LogP contribution in [0.5, 0.6) is 11.5 Å². The Morgan fingerprint density at radius 3 is 2.59 bits per heavy atom. The second-order valence-corrected chi connectivity index (χ2v) is 5.50. The highest BCUT2D eigenvalue weighted by Gasteiger charge is 2.34. The molecule has 4 nitrogen and oxygen atoms in total. The SMILES string of the molecule is CCOC(=O)C[C@@]1(c2ccc(OC)c(OC)c2)C=CCCC1. The zero-order valence-electron chi connectivity index (χ0n) is 13.6. The minimum Gasteiger partial charge on any atom is -0.493 e. The fourth-order valence-electron chi connectivity index (χ4n) is 3.03. The van der Waals surface area contributed by atoms with Crippen LogP contribution in [0.1, 0.15) is 38.2 Å². The number of carbonyl (C=O) groups is 1. The van der Waals surface area contributed by atoms with Crippen molar-refractivity contribution in [3.8, 4) is 11.5 Å². The van der Waals surface area contributed by atoms with Crippen LogP contribution in [-0.4, -0.2) is 26.8 Å². The van der Waals surface area contributed by atoms with E-state index in [9.17, 15) is 4.79 Å². The monoisotopic (exact) mass is 304 g/mol. The molecule has 0 amide bonds. The Bertz CT molecular complexity index is 550. The molecular formula is C18H24O4. The highest BCUT2D eigenvalue weighted by molar-refractivity contribution is 5.72. The molecule has 0 heterocycles. The van der Waals surface area contributed by atoms with E-state index in [-0.39, 0.29) is 11.4 Å². The van der Waals surface area contributed by atoms with Crippen LogP contribution in [0.15, 0.2) is 30.4 Å². The van der Waals surface area contributed by atoms with Gasteiger partial charge >= 0.3 is 5.97 Å². The highest BCUT2D eigenvalue weighted by atomic mass is 16.5. The Morgan fingerprint density at radius 1 is 1.23 bits per heavy atom. The molecule has 0 saturated carbocycles. The van der Waals surface area contributed by atoms with Crippen LogP contribution in [0.2, 0.25) is 0 Å². The van der Waals surface area contributed by atoms with Crippen molar-refractivity contribution >= 4 is 5.97 Å². The van der Waals surface area contributed by atoms with E-state index in [4.69, 9.17) is 14.2 Å². The van der Waals surface area contributed by atoms with Crippen molar-refractivity contribution in [1.29, 1.82) is 0 Å². The minimum atomic E-state index is -0.315. The van der Waals surface area contributed by atoms with Gasteiger partial charge in [0.05, 0.1) is 27.2 Å². The topological polar surface area (TPSA) is 44.8 Å². The molecule has 0 radical (unpaired) electrons. The number of benzene rings is 1. The van der Waals surface area contributed by atoms with Crippen LogP contribution in [-0.2, 0) is 14.9 Å². The molecule has 22 heavy (non-hydrogen) atoms. The third-order valence-electron chi connectivity index (χ3n) is 4.15. The predicted molar refractivity (Wildman–Crippen MR) is 85.5 cm³/mol. The van der Waals surface area contributed by atoms with E-state index in [1.54, 1.807) is 14.2 Å². The second kappa shape index (κ2) is 7.34. The predicted octanol–water partition coefficient (Wildman–Crippen LogP) is 3.63. The molecule has 120 valence electrons. The van der Waals surface area contributed by atoms with Crippen molar-refractivity contribution in [2.45, 2.75) is 38.0 Å². The molecule has 1 aliphatic rings. The highest BCUT2D eigenvalue weighted by Crippen LogP contribution is 2.41. The first-order chi connectivity index (χ1) is 10.6. The van der Waals surface area contributed by atoms with Gasteiger partial charge in [-0.25, -0.2) is 0 Å². The zero-order valence-corrected chi connectivity index (χ0v) is 13.6. The Kier molecular flexibility index (Phi) is 5.47.